The van der Waals surface area contributed by atoms with Gasteiger partial charge in [0.2, 0.25) is 0 Å². The van der Waals surface area contributed by atoms with Crippen molar-refractivity contribution >= 4 is 21.8 Å². The summed E-state index contributed by atoms with van der Waals surface area (Å²) in [5.41, 5.74) is 1.87. The highest BCUT2D eigenvalue weighted by Crippen LogP contribution is 2.20. The summed E-state index contributed by atoms with van der Waals surface area (Å²) in [4.78, 5) is 4.31. The number of rotatable bonds is 0. The van der Waals surface area contributed by atoms with Crippen LogP contribution in [0, 0.1) is 0 Å². The predicted molar refractivity (Wildman–Crippen MR) is 54.8 cm³/mol. The van der Waals surface area contributed by atoms with Crippen molar-refractivity contribution in [3.63, 3.8) is 0 Å². The fourth-order valence-electron chi connectivity index (χ4n) is 1.58. The summed E-state index contributed by atoms with van der Waals surface area (Å²) in [6.07, 6.45) is 3.55. The van der Waals surface area contributed by atoms with E-state index in [1.165, 1.54) is 0 Å². The molecule has 3 aromatic rings. The second-order valence-corrected chi connectivity index (χ2v) is 3.11. The largest absolute Gasteiger partial charge is 0.256 e. The quantitative estimate of drug-likeness (QED) is 0.533. The molecule has 0 amide bonds. The van der Waals surface area contributed by atoms with Gasteiger partial charge in [-0.05, 0) is 18.2 Å². The van der Waals surface area contributed by atoms with Crippen molar-refractivity contribution in [2.45, 2.75) is 0 Å². The number of fused-ring (bicyclic) bond motifs is 3. The molecule has 66 valence electrons. The number of aromatic nitrogens is 3. The summed E-state index contributed by atoms with van der Waals surface area (Å²) >= 11 is 0. The lowest BCUT2D eigenvalue weighted by molar-refractivity contribution is 1.12. The highest BCUT2D eigenvalue weighted by atomic mass is 15.1. The van der Waals surface area contributed by atoms with E-state index in [-0.39, 0.29) is 0 Å². The minimum Gasteiger partial charge on any atom is -0.256 e. The van der Waals surface area contributed by atoms with Crippen LogP contribution in [-0.2, 0) is 0 Å². The van der Waals surface area contributed by atoms with Crippen LogP contribution < -0.4 is 0 Å². The van der Waals surface area contributed by atoms with Crippen molar-refractivity contribution in [1.82, 2.24) is 15.2 Å². The van der Waals surface area contributed by atoms with E-state index in [0.717, 1.165) is 21.8 Å². The van der Waals surface area contributed by atoms with Gasteiger partial charge in [0, 0.05) is 17.0 Å². The SMILES string of the molecule is c1ccc2c(ccc3cnnc32)nc1. The average Bonchev–Trinajstić information content (AvgIpc) is 2.55. The van der Waals surface area contributed by atoms with Crippen LogP contribution in [0.5, 0.6) is 0 Å². The lowest BCUT2D eigenvalue weighted by Gasteiger charge is -1.91. The number of nitrogens with zero attached hydrogens (tertiary/aromatic N) is 3. The van der Waals surface area contributed by atoms with E-state index in [0.29, 0.717) is 0 Å². The molecule has 0 saturated carbocycles. The average molecular weight is 181 g/mol. The Morgan fingerprint density at radius 3 is 3.00 bits per heavy atom. The summed E-state index contributed by atoms with van der Waals surface area (Å²) < 4.78 is 0. The predicted octanol–water partition coefficient (Wildman–Crippen LogP) is 2.18. The minimum atomic E-state index is 0.922. The summed E-state index contributed by atoms with van der Waals surface area (Å²) in [7, 11) is 0. The maximum atomic E-state index is 4.31. The zero-order valence-corrected chi connectivity index (χ0v) is 7.38. The summed E-state index contributed by atoms with van der Waals surface area (Å²) in [5, 5.41) is 10.1. The Hall–Kier alpha value is -2.03. The lowest BCUT2D eigenvalue weighted by atomic mass is 10.2. The van der Waals surface area contributed by atoms with Crippen LogP contribution in [0.15, 0.2) is 42.7 Å². The smallest absolute Gasteiger partial charge is 0.104 e. The molecule has 14 heavy (non-hydrogen) atoms. The second kappa shape index (κ2) is 2.73. The molecule has 0 atom stereocenters. The van der Waals surface area contributed by atoms with Crippen LogP contribution in [0.1, 0.15) is 0 Å². The molecule has 0 spiro atoms. The Kier molecular flexibility index (Phi) is 1.44. The summed E-state index contributed by atoms with van der Waals surface area (Å²) in [5.74, 6) is 0. The Morgan fingerprint density at radius 1 is 1.00 bits per heavy atom. The molecule has 2 heterocycles. The van der Waals surface area contributed by atoms with E-state index in [1.54, 1.807) is 12.4 Å². The van der Waals surface area contributed by atoms with E-state index in [2.05, 4.69) is 15.2 Å². The van der Waals surface area contributed by atoms with Gasteiger partial charge in [0.15, 0.2) is 0 Å². The molecule has 0 aliphatic rings. The first-order chi connectivity index (χ1) is 6.95. The molecule has 3 rings (SSSR count). The van der Waals surface area contributed by atoms with Crippen molar-refractivity contribution in [3.05, 3.63) is 42.7 Å². The Balaban J connectivity index is 2.64. The van der Waals surface area contributed by atoms with Gasteiger partial charge in [0.25, 0.3) is 0 Å². The van der Waals surface area contributed by atoms with Crippen LogP contribution in [0.25, 0.3) is 21.8 Å². The highest BCUT2D eigenvalue weighted by Gasteiger charge is 2.01. The van der Waals surface area contributed by atoms with Crippen molar-refractivity contribution < 1.29 is 0 Å². The fourth-order valence-corrected chi connectivity index (χ4v) is 1.58. The van der Waals surface area contributed by atoms with E-state index >= 15 is 0 Å². The van der Waals surface area contributed by atoms with E-state index in [1.807, 2.05) is 30.3 Å². The fraction of sp³-hybridized carbons (Fsp3) is 0. The van der Waals surface area contributed by atoms with Gasteiger partial charge in [0.1, 0.15) is 5.52 Å². The van der Waals surface area contributed by atoms with Gasteiger partial charge < -0.3 is 0 Å². The molecule has 1 aromatic carbocycles. The first-order valence-corrected chi connectivity index (χ1v) is 4.40. The maximum absolute atomic E-state index is 4.31. The van der Waals surface area contributed by atoms with Crippen molar-refractivity contribution in [2.75, 3.05) is 0 Å². The molecule has 2 aromatic heterocycles. The monoisotopic (exact) mass is 181 g/mol. The van der Waals surface area contributed by atoms with Crippen LogP contribution >= 0.6 is 0 Å². The molecule has 3 nitrogen and oxygen atoms in total. The second-order valence-electron chi connectivity index (χ2n) is 3.11. The third kappa shape index (κ3) is 0.956. The van der Waals surface area contributed by atoms with E-state index in [9.17, 15) is 0 Å². The normalized spacial score (nSPS) is 10.9. The summed E-state index contributed by atoms with van der Waals surface area (Å²) in [6, 6.07) is 9.86. The zero-order valence-electron chi connectivity index (χ0n) is 7.38. The van der Waals surface area contributed by atoms with E-state index < -0.39 is 0 Å². The first kappa shape index (κ1) is 7.38. The maximum Gasteiger partial charge on any atom is 0.104 e. The van der Waals surface area contributed by atoms with Crippen molar-refractivity contribution in [3.8, 4) is 0 Å². The molecule has 0 fully saturated rings. The zero-order chi connectivity index (χ0) is 9.38. The van der Waals surface area contributed by atoms with Crippen LogP contribution in [0.2, 0.25) is 0 Å². The number of hydrogen-bond acceptors (Lipinski definition) is 3. The first-order valence-electron chi connectivity index (χ1n) is 4.40. The molecule has 0 aliphatic carbocycles. The molecular weight excluding hydrogens is 174 g/mol. The van der Waals surface area contributed by atoms with Gasteiger partial charge in [0.05, 0.1) is 11.7 Å². The molecule has 0 aliphatic heterocycles. The molecule has 0 saturated heterocycles. The third-order valence-corrected chi connectivity index (χ3v) is 2.25. The van der Waals surface area contributed by atoms with Gasteiger partial charge in [-0.15, -0.1) is 5.10 Å². The topological polar surface area (TPSA) is 38.7 Å². The molecule has 0 unspecified atom stereocenters. The van der Waals surface area contributed by atoms with Gasteiger partial charge in [-0.25, -0.2) is 0 Å². The van der Waals surface area contributed by atoms with Gasteiger partial charge >= 0.3 is 0 Å². The molecule has 0 bridgehead atoms. The molecule has 0 radical (unpaired) electrons. The Bertz CT molecular complexity index is 604. The Labute approximate surface area is 80.4 Å². The standard InChI is InChI=1S/C11H7N3/c1-2-6-12-10-5-4-8-7-13-14-11(8)9(10)3-1/h1-7H. The van der Waals surface area contributed by atoms with Gasteiger partial charge in [-0.1, -0.05) is 12.1 Å². The van der Waals surface area contributed by atoms with Crippen molar-refractivity contribution in [2.24, 2.45) is 0 Å². The molecule has 3 heteroatoms. The number of benzene rings is 1. The van der Waals surface area contributed by atoms with E-state index in [4.69, 9.17) is 0 Å². The minimum absolute atomic E-state index is 0.922. The highest BCUT2D eigenvalue weighted by molar-refractivity contribution is 6.03. The van der Waals surface area contributed by atoms with Crippen molar-refractivity contribution in [1.29, 1.82) is 0 Å². The van der Waals surface area contributed by atoms with Gasteiger partial charge in [-0.2, -0.15) is 5.10 Å². The third-order valence-electron chi connectivity index (χ3n) is 2.25. The lowest BCUT2D eigenvalue weighted by Crippen LogP contribution is -1.74. The summed E-state index contributed by atoms with van der Waals surface area (Å²) in [6.45, 7) is 0. The van der Waals surface area contributed by atoms with Crippen LogP contribution in [0.3, 0.4) is 0 Å². The van der Waals surface area contributed by atoms with Gasteiger partial charge in [-0.3, -0.25) is 4.98 Å². The van der Waals surface area contributed by atoms with Crippen LogP contribution in [0.4, 0.5) is 0 Å². The number of hydrogen-bond donors (Lipinski definition) is 0. The van der Waals surface area contributed by atoms with Crippen LogP contribution in [-0.4, -0.2) is 15.2 Å². The molecular formula is C11H7N3. The molecule has 0 N–H and O–H groups in total. The Morgan fingerprint density at radius 2 is 2.00 bits per heavy atom.